The number of hydrogen-bond donors (Lipinski definition) is 4. The summed E-state index contributed by atoms with van der Waals surface area (Å²) < 4.78 is 75.7. The molecule has 0 spiro atoms. The molecule has 3 aromatic rings. The van der Waals surface area contributed by atoms with E-state index in [1.807, 2.05) is 0 Å². The van der Waals surface area contributed by atoms with Gasteiger partial charge in [0.25, 0.3) is 5.91 Å². The highest BCUT2D eigenvalue weighted by Gasteiger charge is 2.56. The van der Waals surface area contributed by atoms with E-state index in [0.29, 0.717) is 29.1 Å². The van der Waals surface area contributed by atoms with Gasteiger partial charge >= 0.3 is 12.2 Å². The molecular weight excluding hydrogens is 633 g/mol. The zero-order valence-corrected chi connectivity index (χ0v) is 25.1. The molecule has 5 heterocycles. The number of fused-ring (bicyclic) bond motifs is 1. The molecule has 4 fully saturated rings. The summed E-state index contributed by atoms with van der Waals surface area (Å²) in [5.74, 6) is -3.65. The third-order valence-corrected chi connectivity index (χ3v) is 9.88. The molecule has 4 aliphatic rings. The molecule has 2 aliphatic heterocycles. The molecule has 47 heavy (non-hydrogen) atoms. The van der Waals surface area contributed by atoms with Gasteiger partial charge in [0.1, 0.15) is 18.0 Å². The van der Waals surface area contributed by atoms with Crippen LogP contribution in [0.15, 0.2) is 23.1 Å². The average Bonchev–Trinajstić information content (AvgIpc) is 3.31. The molecule has 4 atom stereocenters. The first-order valence-corrected chi connectivity index (χ1v) is 15.7. The minimum absolute atomic E-state index is 0.0423. The molecule has 2 saturated heterocycles. The van der Waals surface area contributed by atoms with Crippen molar-refractivity contribution in [3.05, 3.63) is 41.1 Å². The zero-order chi connectivity index (χ0) is 33.1. The molecule has 0 aromatic carbocycles. The molecule has 3 amide bonds. The van der Waals surface area contributed by atoms with Crippen LogP contribution < -0.4 is 16.0 Å². The Hall–Kier alpha value is -3.93. The number of nitrogens with zero attached hydrogens (tertiary/aromatic N) is 6. The number of aliphatic hydroxyl groups excluding tert-OH is 1. The second-order valence-electron chi connectivity index (χ2n) is 13.3. The van der Waals surface area contributed by atoms with Crippen LogP contribution in [0.1, 0.15) is 84.3 Å². The van der Waals surface area contributed by atoms with Gasteiger partial charge in [0.15, 0.2) is 11.3 Å². The molecular formula is C29H34F5N9O4. The number of alkyl halides is 5. The molecule has 7 rings (SSSR count). The number of imidazole rings is 1. The summed E-state index contributed by atoms with van der Waals surface area (Å²) in [7, 11) is 0. The average molecular weight is 668 g/mol. The van der Waals surface area contributed by atoms with Gasteiger partial charge in [-0.05, 0) is 61.2 Å². The predicted molar refractivity (Wildman–Crippen MR) is 151 cm³/mol. The van der Waals surface area contributed by atoms with Crippen molar-refractivity contribution < 1.29 is 41.3 Å². The molecule has 2 aliphatic carbocycles. The van der Waals surface area contributed by atoms with E-state index < -0.39 is 54.2 Å². The number of amides is 3. The van der Waals surface area contributed by atoms with Crippen molar-refractivity contribution in [2.45, 2.75) is 87.7 Å². The highest BCUT2D eigenvalue weighted by Crippen LogP contribution is 2.44. The molecule has 18 heteroatoms. The van der Waals surface area contributed by atoms with Crippen molar-refractivity contribution >= 4 is 17.6 Å². The molecule has 4 N–H and O–H groups in total. The Bertz CT molecular complexity index is 1650. The number of urea groups is 1. The molecule has 3 aromatic heterocycles. The monoisotopic (exact) mass is 667 g/mol. The van der Waals surface area contributed by atoms with Crippen molar-refractivity contribution in [1.29, 1.82) is 0 Å². The topological polar surface area (TPSA) is 163 Å². The van der Waals surface area contributed by atoms with Gasteiger partial charge in [-0.3, -0.25) is 10.1 Å². The molecule has 0 radical (unpaired) electrons. The van der Waals surface area contributed by atoms with E-state index in [9.17, 15) is 36.6 Å². The van der Waals surface area contributed by atoms with Crippen molar-refractivity contribution in [2.75, 3.05) is 19.6 Å². The molecule has 254 valence electrons. The van der Waals surface area contributed by atoms with Crippen LogP contribution >= 0.6 is 0 Å². The fourth-order valence-electron chi connectivity index (χ4n) is 7.18. The maximum absolute atomic E-state index is 14.1. The quantitative estimate of drug-likeness (QED) is 0.251. The first-order valence-electron chi connectivity index (χ1n) is 15.7. The largest absolute Gasteiger partial charge is 0.403 e. The Morgan fingerprint density at radius 2 is 1.96 bits per heavy atom. The summed E-state index contributed by atoms with van der Waals surface area (Å²) in [5.41, 5.74) is 0.257. The number of aliphatic hydroxyl groups is 1. The Morgan fingerprint density at radius 1 is 1.19 bits per heavy atom. The van der Waals surface area contributed by atoms with E-state index in [-0.39, 0.29) is 62.7 Å². The summed E-state index contributed by atoms with van der Waals surface area (Å²) in [5, 5.41) is 30.8. The Morgan fingerprint density at radius 3 is 2.62 bits per heavy atom. The van der Waals surface area contributed by atoms with Gasteiger partial charge in [-0.15, -0.1) is 0 Å². The van der Waals surface area contributed by atoms with Crippen LogP contribution in [0.2, 0.25) is 0 Å². The van der Waals surface area contributed by atoms with Crippen molar-refractivity contribution in [1.82, 2.24) is 45.8 Å². The highest BCUT2D eigenvalue weighted by atomic mass is 19.4. The maximum atomic E-state index is 14.1. The molecule has 2 saturated carbocycles. The number of aromatic nitrogens is 5. The van der Waals surface area contributed by atoms with E-state index >= 15 is 0 Å². The van der Waals surface area contributed by atoms with Crippen molar-refractivity contribution in [3.8, 4) is 0 Å². The van der Waals surface area contributed by atoms with Crippen LogP contribution in [0, 0.1) is 11.3 Å². The lowest BCUT2D eigenvalue weighted by Crippen LogP contribution is -2.48. The van der Waals surface area contributed by atoms with Crippen LogP contribution in [-0.4, -0.2) is 90.9 Å². The Labute approximate surface area is 264 Å². The van der Waals surface area contributed by atoms with Crippen molar-refractivity contribution in [2.24, 2.45) is 11.3 Å². The maximum Gasteiger partial charge on any atom is 0.403 e. The molecule has 0 bridgehead atoms. The standard InChI is InChI=1S/C29H34F5N9O4/c30-28(31)5-3-17(4-6-28)21(39-24(44)23-22(16-1-2-16)40-47-41-23)18-13-43-20(37-18)9-15(12-36-43)10-27(14-42-8-7-35-26(42)46)11-19(29(32,33)34)38-25(27)45/h9,12-13,16-17,19,21,25,38,45H,1-8,10-11,14H2,(H,35,46)(H,39,44)/t19-,21-,25?,27-/m0/s1. The number of nitrogens with one attached hydrogen (secondary N) is 3. The van der Waals surface area contributed by atoms with Crippen molar-refractivity contribution in [3.63, 3.8) is 0 Å². The smallest absolute Gasteiger partial charge is 0.378 e. The number of halogens is 5. The zero-order valence-electron chi connectivity index (χ0n) is 25.1. The third-order valence-electron chi connectivity index (χ3n) is 9.88. The summed E-state index contributed by atoms with van der Waals surface area (Å²) in [6, 6.07) is -1.54. The van der Waals surface area contributed by atoms with Gasteiger partial charge < -0.3 is 20.6 Å². The van der Waals surface area contributed by atoms with Crippen LogP contribution in [0.4, 0.5) is 26.7 Å². The fourth-order valence-corrected chi connectivity index (χ4v) is 7.18. The van der Waals surface area contributed by atoms with Crippen LogP contribution in [0.5, 0.6) is 0 Å². The highest BCUT2D eigenvalue weighted by molar-refractivity contribution is 5.93. The summed E-state index contributed by atoms with van der Waals surface area (Å²) >= 11 is 0. The van der Waals surface area contributed by atoms with E-state index in [4.69, 9.17) is 4.63 Å². The number of rotatable bonds is 9. The third kappa shape index (κ3) is 6.36. The van der Waals surface area contributed by atoms with E-state index in [1.54, 1.807) is 12.3 Å². The summed E-state index contributed by atoms with van der Waals surface area (Å²) in [6.45, 7) is 0.513. The van der Waals surface area contributed by atoms with Gasteiger partial charge in [-0.25, -0.2) is 27.7 Å². The van der Waals surface area contributed by atoms with E-state index in [0.717, 1.165) is 12.8 Å². The normalized spacial score (nSPS) is 27.4. The molecule has 13 nitrogen and oxygen atoms in total. The second kappa shape index (κ2) is 11.6. The second-order valence-corrected chi connectivity index (χ2v) is 13.3. The van der Waals surface area contributed by atoms with E-state index in [2.05, 4.69) is 36.3 Å². The van der Waals surface area contributed by atoms with Gasteiger partial charge in [0.2, 0.25) is 5.92 Å². The first-order chi connectivity index (χ1) is 22.3. The molecule has 1 unspecified atom stereocenters. The van der Waals surface area contributed by atoms with Crippen LogP contribution in [-0.2, 0) is 6.42 Å². The van der Waals surface area contributed by atoms with Gasteiger partial charge in [0.05, 0.1) is 24.1 Å². The van der Waals surface area contributed by atoms with Crippen LogP contribution in [0.25, 0.3) is 5.65 Å². The Balaban J connectivity index is 1.17. The lowest BCUT2D eigenvalue weighted by atomic mass is 9.77. The lowest BCUT2D eigenvalue weighted by Gasteiger charge is -2.35. The van der Waals surface area contributed by atoms with E-state index in [1.165, 1.54) is 15.6 Å². The number of carbonyl (C=O) groups is 2. The number of carbonyl (C=O) groups excluding carboxylic acids is 2. The SMILES string of the molecule is O=C(N[C@H](c1cn2ncc(C[C@@]3(CN4CCNC4=O)C[C@@H](C(F)(F)F)NC3O)cc2n1)C1CCC(F)(F)CC1)c1nonc1C1CC1. The first kappa shape index (κ1) is 31.7. The van der Waals surface area contributed by atoms with Gasteiger partial charge in [-0.1, -0.05) is 5.16 Å². The van der Waals surface area contributed by atoms with Gasteiger partial charge in [-0.2, -0.15) is 18.3 Å². The fraction of sp³-hybridized carbons (Fsp3) is 0.655. The minimum atomic E-state index is -4.61. The summed E-state index contributed by atoms with van der Waals surface area (Å²) in [6.07, 6.45) is -2.37. The van der Waals surface area contributed by atoms with Gasteiger partial charge in [0, 0.05) is 43.8 Å². The lowest BCUT2D eigenvalue weighted by molar-refractivity contribution is -0.155. The summed E-state index contributed by atoms with van der Waals surface area (Å²) in [4.78, 5) is 31.8. The Kier molecular flexibility index (Phi) is 7.84. The minimum Gasteiger partial charge on any atom is -0.378 e. The predicted octanol–water partition coefficient (Wildman–Crippen LogP) is 3.08. The number of hydrogen-bond acceptors (Lipinski definition) is 9. The van der Waals surface area contributed by atoms with Crippen LogP contribution in [0.3, 0.4) is 0 Å².